The average molecular weight is 314 g/mol. The van der Waals surface area contributed by atoms with Crippen molar-refractivity contribution in [2.75, 3.05) is 5.75 Å². The minimum atomic E-state index is -0.569. The number of amides is 1. The van der Waals surface area contributed by atoms with Crippen LogP contribution < -0.4 is 11.3 Å². The SMILES string of the molecule is NC(=O)CSc1nccn(-c2ccc(F)c(Cl)c2)c1=O. The van der Waals surface area contributed by atoms with E-state index in [1.165, 1.54) is 35.2 Å². The molecule has 20 heavy (non-hydrogen) atoms. The molecule has 1 heterocycles. The van der Waals surface area contributed by atoms with Crippen molar-refractivity contribution in [3.63, 3.8) is 0 Å². The number of hydrogen-bond acceptors (Lipinski definition) is 4. The van der Waals surface area contributed by atoms with Gasteiger partial charge in [-0.3, -0.25) is 14.2 Å². The summed E-state index contributed by atoms with van der Waals surface area (Å²) in [6.07, 6.45) is 2.84. The van der Waals surface area contributed by atoms with Gasteiger partial charge in [-0.2, -0.15) is 0 Å². The molecule has 8 heteroatoms. The second kappa shape index (κ2) is 6.06. The molecule has 0 saturated carbocycles. The lowest BCUT2D eigenvalue weighted by Gasteiger charge is -2.07. The molecule has 0 atom stereocenters. The first-order chi connectivity index (χ1) is 9.49. The Kier molecular flexibility index (Phi) is 4.41. The van der Waals surface area contributed by atoms with E-state index in [0.29, 0.717) is 5.69 Å². The number of thioether (sulfide) groups is 1. The molecule has 2 N–H and O–H groups in total. The molecule has 0 fully saturated rings. The number of carbonyl (C=O) groups is 1. The van der Waals surface area contributed by atoms with Gasteiger partial charge in [-0.05, 0) is 18.2 Å². The van der Waals surface area contributed by atoms with Crippen molar-refractivity contribution in [2.24, 2.45) is 5.73 Å². The summed E-state index contributed by atoms with van der Waals surface area (Å²) >= 11 is 6.63. The van der Waals surface area contributed by atoms with Crippen molar-refractivity contribution in [1.82, 2.24) is 9.55 Å². The molecule has 104 valence electrons. The number of aromatic nitrogens is 2. The predicted molar refractivity (Wildman–Crippen MR) is 74.7 cm³/mol. The van der Waals surface area contributed by atoms with Gasteiger partial charge in [-0.1, -0.05) is 23.4 Å². The van der Waals surface area contributed by atoms with E-state index in [4.69, 9.17) is 17.3 Å². The highest BCUT2D eigenvalue weighted by Crippen LogP contribution is 2.18. The minimum absolute atomic E-state index is 0.0452. The molecule has 0 spiro atoms. The van der Waals surface area contributed by atoms with Crippen LogP contribution >= 0.6 is 23.4 Å². The van der Waals surface area contributed by atoms with Crippen molar-refractivity contribution in [3.8, 4) is 5.69 Å². The van der Waals surface area contributed by atoms with Crippen molar-refractivity contribution in [3.05, 3.63) is 51.8 Å². The summed E-state index contributed by atoms with van der Waals surface area (Å²) in [5.74, 6) is -1.16. The second-order valence-electron chi connectivity index (χ2n) is 3.76. The van der Waals surface area contributed by atoms with E-state index in [0.717, 1.165) is 11.8 Å². The molecule has 2 aromatic rings. The molecule has 2 rings (SSSR count). The van der Waals surface area contributed by atoms with Gasteiger partial charge >= 0.3 is 0 Å². The fourth-order valence-corrected chi connectivity index (χ4v) is 2.28. The van der Waals surface area contributed by atoms with E-state index in [9.17, 15) is 14.0 Å². The van der Waals surface area contributed by atoms with E-state index in [2.05, 4.69) is 4.98 Å². The summed E-state index contributed by atoms with van der Waals surface area (Å²) in [6, 6.07) is 3.92. The molecule has 0 radical (unpaired) electrons. The Morgan fingerprint density at radius 2 is 2.25 bits per heavy atom. The minimum Gasteiger partial charge on any atom is -0.369 e. The first-order valence-electron chi connectivity index (χ1n) is 5.43. The third-order valence-corrected chi connectivity index (χ3v) is 3.61. The number of carbonyl (C=O) groups excluding carboxylic acids is 1. The predicted octanol–water partition coefficient (Wildman–Crippen LogP) is 1.60. The van der Waals surface area contributed by atoms with Crippen LogP contribution in [0.25, 0.3) is 5.69 Å². The van der Waals surface area contributed by atoms with Crippen LogP contribution in [0.15, 0.2) is 40.4 Å². The smallest absolute Gasteiger partial charge is 0.287 e. The van der Waals surface area contributed by atoms with Gasteiger partial charge in [0.1, 0.15) is 5.82 Å². The van der Waals surface area contributed by atoms with Gasteiger partial charge < -0.3 is 5.73 Å². The van der Waals surface area contributed by atoms with Gasteiger partial charge in [0.05, 0.1) is 16.5 Å². The van der Waals surface area contributed by atoms with E-state index in [1.807, 2.05) is 0 Å². The maximum atomic E-state index is 13.1. The lowest BCUT2D eigenvalue weighted by molar-refractivity contribution is -0.115. The fraction of sp³-hybridized carbons (Fsp3) is 0.0833. The number of rotatable bonds is 4. The normalized spacial score (nSPS) is 10.5. The Morgan fingerprint density at radius 1 is 1.50 bits per heavy atom. The number of halogens is 2. The molecule has 0 bridgehead atoms. The fourth-order valence-electron chi connectivity index (χ4n) is 1.47. The van der Waals surface area contributed by atoms with Gasteiger partial charge in [-0.15, -0.1) is 0 Å². The molecular weight excluding hydrogens is 305 g/mol. The van der Waals surface area contributed by atoms with Crippen molar-refractivity contribution in [2.45, 2.75) is 5.03 Å². The van der Waals surface area contributed by atoms with Crippen LogP contribution in [0.3, 0.4) is 0 Å². The summed E-state index contributed by atoms with van der Waals surface area (Å²) in [4.78, 5) is 26.8. The van der Waals surface area contributed by atoms with Crippen LogP contribution in [0.1, 0.15) is 0 Å². The summed E-state index contributed by atoms with van der Waals surface area (Å²) in [6.45, 7) is 0. The van der Waals surface area contributed by atoms with Crippen molar-refractivity contribution in [1.29, 1.82) is 0 Å². The van der Waals surface area contributed by atoms with Crippen LogP contribution in [-0.4, -0.2) is 21.2 Å². The topological polar surface area (TPSA) is 78.0 Å². The lowest BCUT2D eigenvalue weighted by Crippen LogP contribution is -2.22. The molecule has 0 aliphatic heterocycles. The molecule has 5 nitrogen and oxygen atoms in total. The Hall–Kier alpha value is -1.86. The zero-order valence-corrected chi connectivity index (χ0v) is 11.6. The number of nitrogens with zero attached hydrogens (tertiary/aromatic N) is 2. The highest BCUT2D eigenvalue weighted by atomic mass is 35.5. The van der Waals surface area contributed by atoms with Crippen LogP contribution in [0.2, 0.25) is 5.02 Å². The number of primary amides is 1. The maximum Gasteiger partial charge on any atom is 0.287 e. The molecular formula is C12H9ClFN3O2S. The van der Waals surface area contributed by atoms with Crippen LogP contribution in [-0.2, 0) is 4.79 Å². The second-order valence-corrected chi connectivity index (χ2v) is 5.13. The molecule has 0 aliphatic carbocycles. The Morgan fingerprint density at radius 3 is 2.90 bits per heavy atom. The zero-order valence-electron chi connectivity index (χ0n) is 10.0. The first-order valence-corrected chi connectivity index (χ1v) is 6.79. The summed E-state index contributed by atoms with van der Waals surface area (Å²) in [7, 11) is 0. The molecule has 1 amide bonds. The highest BCUT2D eigenvalue weighted by molar-refractivity contribution is 7.99. The molecule has 1 aromatic carbocycles. The third-order valence-electron chi connectivity index (χ3n) is 2.34. The number of hydrogen-bond donors (Lipinski definition) is 1. The van der Waals surface area contributed by atoms with E-state index >= 15 is 0 Å². The van der Waals surface area contributed by atoms with Crippen LogP contribution in [0, 0.1) is 5.82 Å². The molecule has 0 saturated heterocycles. The molecule has 0 aliphatic rings. The largest absolute Gasteiger partial charge is 0.369 e. The first kappa shape index (κ1) is 14.5. The quantitative estimate of drug-likeness (QED) is 0.870. The van der Waals surface area contributed by atoms with Crippen LogP contribution in [0.5, 0.6) is 0 Å². The summed E-state index contributed by atoms with van der Waals surface area (Å²) in [5.41, 5.74) is 5.00. The zero-order chi connectivity index (χ0) is 14.7. The third kappa shape index (κ3) is 3.17. The van der Waals surface area contributed by atoms with Gasteiger partial charge in [0.15, 0.2) is 5.03 Å². The van der Waals surface area contributed by atoms with E-state index in [1.54, 1.807) is 0 Å². The van der Waals surface area contributed by atoms with Crippen molar-refractivity contribution >= 4 is 29.3 Å². The average Bonchev–Trinajstić information content (AvgIpc) is 2.41. The number of benzene rings is 1. The van der Waals surface area contributed by atoms with Gasteiger partial charge in [0.2, 0.25) is 5.91 Å². The number of nitrogens with two attached hydrogens (primary N) is 1. The van der Waals surface area contributed by atoms with Gasteiger partial charge in [0, 0.05) is 12.4 Å². The lowest BCUT2D eigenvalue weighted by atomic mass is 10.3. The summed E-state index contributed by atoms with van der Waals surface area (Å²) in [5, 5.41) is 0.0456. The Labute approximate surface area is 122 Å². The van der Waals surface area contributed by atoms with E-state index in [-0.39, 0.29) is 15.8 Å². The Balaban J connectivity index is 2.42. The Bertz CT molecular complexity index is 720. The maximum absolute atomic E-state index is 13.1. The molecule has 0 unspecified atom stereocenters. The monoisotopic (exact) mass is 313 g/mol. The standard InChI is InChI=1S/C12H9ClFN3O2S/c13-8-5-7(1-2-9(8)14)17-4-3-16-11(12(17)19)20-6-10(15)18/h1-5H,6H2,(H2,15,18). The van der Waals surface area contributed by atoms with Gasteiger partial charge in [0.25, 0.3) is 5.56 Å². The highest BCUT2D eigenvalue weighted by Gasteiger charge is 2.10. The van der Waals surface area contributed by atoms with Crippen molar-refractivity contribution < 1.29 is 9.18 Å². The van der Waals surface area contributed by atoms with Gasteiger partial charge in [-0.25, -0.2) is 9.37 Å². The molecule has 1 aromatic heterocycles. The van der Waals surface area contributed by atoms with E-state index < -0.39 is 17.3 Å². The summed E-state index contributed by atoms with van der Waals surface area (Å²) < 4.78 is 14.4. The van der Waals surface area contributed by atoms with Crippen LogP contribution in [0.4, 0.5) is 4.39 Å².